The third-order valence-electron chi connectivity index (χ3n) is 7.01. The summed E-state index contributed by atoms with van der Waals surface area (Å²) in [4.78, 5) is 38.4. The third kappa shape index (κ3) is 4.62. The van der Waals surface area contributed by atoms with Crippen LogP contribution in [0.3, 0.4) is 0 Å². The maximum atomic E-state index is 13.0. The number of carboxylic acids is 1. The Morgan fingerprint density at radius 1 is 1.11 bits per heavy atom. The fraction of sp³-hybridized carbons (Fsp3) is 0.423. The number of amides is 2. The van der Waals surface area contributed by atoms with E-state index in [4.69, 9.17) is 9.47 Å². The van der Waals surface area contributed by atoms with Gasteiger partial charge in [-0.05, 0) is 35.6 Å². The van der Waals surface area contributed by atoms with Crippen LogP contribution < -0.4 is 5.32 Å². The van der Waals surface area contributed by atoms with Crippen molar-refractivity contribution in [2.75, 3.05) is 25.5 Å². The van der Waals surface area contributed by atoms with Gasteiger partial charge in [0, 0.05) is 18.2 Å². The van der Waals surface area contributed by atoms with E-state index in [2.05, 4.69) is 29.6 Å². The molecule has 0 saturated carbocycles. The molecule has 4 atom stereocenters. The van der Waals surface area contributed by atoms with E-state index >= 15 is 0 Å². The minimum absolute atomic E-state index is 0.0135. The van der Waals surface area contributed by atoms with Crippen molar-refractivity contribution < 1.29 is 29.0 Å². The Hall–Kier alpha value is -3.04. The van der Waals surface area contributed by atoms with E-state index in [1.54, 1.807) is 0 Å². The first-order valence-electron chi connectivity index (χ1n) is 11.8. The molecule has 5 rings (SSSR count). The van der Waals surface area contributed by atoms with Crippen molar-refractivity contribution >= 4 is 29.7 Å². The van der Waals surface area contributed by atoms with Gasteiger partial charge in [-0.15, -0.1) is 11.8 Å². The molecule has 2 heterocycles. The minimum Gasteiger partial charge on any atom is -0.480 e. The van der Waals surface area contributed by atoms with Crippen LogP contribution in [0.15, 0.2) is 48.5 Å². The van der Waals surface area contributed by atoms with Crippen LogP contribution in [0.2, 0.25) is 0 Å². The molecule has 2 aromatic rings. The van der Waals surface area contributed by atoms with E-state index in [0.717, 1.165) is 11.1 Å². The molecule has 2 fully saturated rings. The summed E-state index contributed by atoms with van der Waals surface area (Å²) in [6, 6.07) is 15.5. The summed E-state index contributed by atoms with van der Waals surface area (Å²) < 4.78 is 11.3. The summed E-state index contributed by atoms with van der Waals surface area (Å²) in [7, 11) is 0. The summed E-state index contributed by atoms with van der Waals surface area (Å²) in [5.74, 6) is -1.21. The van der Waals surface area contributed by atoms with E-state index in [1.807, 2.05) is 31.2 Å². The third-order valence-corrected chi connectivity index (χ3v) is 8.23. The van der Waals surface area contributed by atoms with Crippen LogP contribution in [-0.4, -0.2) is 71.0 Å². The molecule has 0 spiro atoms. The zero-order chi connectivity index (χ0) is 24.5. The van der Waals surface area contributed by atoms with Gasteiger partial charge in [0.2, 0.25) is 5.91 Å². The SMILES string of the molecule is CC1SCC(C(=O)O)N1C(=O)[C@@H]1CO[C@H](CNC(=O)OCC2c3ccccc3-c3ccccc32)C1. The summed E-state index contributed by atoms with van der Waals surface area (Å²) >= 11 is 1.46. The Morgan fingerprint density at radius 2 is 1.77 bits per heavy atom. The number of hydrogen-bond acceptors (Lipinski definition) is 6. The van der Waals surface area contributed by atoms with Crippen LogP contribution in [0.5, 0.6) is 0 Å². The minimum atomic E-state index is -0.984. The topological polar surface area (TPSA) is 105 Å². The highest BCUT2D eigenvalue weighted by molar-refractivity contribution is 8.00. The molecule has 2 saturated heterocycles. The molecule has 2 unspecified atom stereocenters. The smallest absolute Gasteiger partial charge is 0.407 e. The van der Waals surface area contributed by atoms with E-state index in [9.17, 15) is 19.5 Å². The number of hydrogen-bond donors (Lipinski definition) is 2. The molecule has 0 aromatic heterocycles. The van der Waals surface area contributed by atoms with Gasteiger partial charge in [-0.1, -0.05) is 48.5 Å². The van der Waals surface area contributed by atoms with Crippen molar-refractivity contribution in [2.45, 2.75) is 36.8 Å². The predicted molar refractivity (Wildman–Crippen MR) is 131 cm³/mol. The molecule has 2 N–H and O–H groups in total. The maximum absolute atomic E-state index is 13.0. The van der Waals surface area contributed by atoms with Crippen molar-refractivity contribution in [2.24, 2.45) is 5.92 Å². The second-order valence-corrected chi connectivity index (χ2v) is 10.5. The van der Waals surface area contributed by atoms with Crippen molar-refractivity contribution in [1.29, 1.82) is 0 Å². The van der Waals surface area contributed by atoms with E-state index in [1.165, 1.54) is 27.8 Å². The Labute approximate surface area is 208 Å². The molecular formula is C26H28N2O6S. The molecule has 35 heavy (non-hydrogen) atoms. The molecule has 2 aromatic carbocycles. The predicted octanol–water partition coefficient (Wildman–Crippen LogP) is 3.30. The first-order valence-corrected chi connectivity index (χ1v) is 12.9. The van der Waals surface area contributed by atoms with Gasteiger partial charge in [0.1, 0.15) is 12.6 Å². The molecule has 3 aliphatic rings. The van der Waals surface area contributed by atoms with Gasteiger partial charge in [-0.25, -0.2) is 9.59 Å². The number of nitrogens with one attached hydrogen (secondary N) is 1. The van der Waals surface area contributed by atoms with Crippen LogP contribution in [0.4, 0.5) is 4.79 Å². The summed E-state index contributed by atoms with van der Waals surface area (Å²) in [5, 5.41) is 12.0. The zero-order valence-corrected chi connectivity index (χ0v) is 20.2. The Kier molecular flexibility index (Phi) is 6.71. The van der Waals surface area contributed by atoms with Gasteiger partial charge in [0.05, 0.1) is 24.0 Å². The van der Waals surface area contributed by atoms with E-state index < -0.39 is 24.0 Å². The first kappa shape index (κ1) is 23.7. The van der Waals surface area contributed by atoms with E-state index in [0.29, 0.717) is 12.2 Å². The molecule has 184 valence electrons. The average Bonchev–Trinajstić information content (AvgIpc) is 3.57. The molecule has 0 radical (unpaired) electrons. The molecule has 1 aliphatic carbocycles. The highest BCUT2D eigenvalue weighted by Gasteiger charge is 2.44. The molecule has 0 bridgehead atoms. The number of thioether (sulfide) groups is 1. The lowest BCUT2D eigenvalue weighted by atomic mass is 9.98. The van der Waals surface area contributed by atoms with E-state index in [-0.39, 0.29) is 43.1 Å². The molecule has 8 nitrogen and oxygen atoms in total. The lowest BCUT2D eigenvalue weighted by molar-refractivity contribution is -0.150. The monoisotopic (exact) mass is 496 g/mol. The lowest BCUT2D eigenvalue weighted by Crippen LogP contribution is -2.47. The standard InChI is InChI=1S/C26H28N2O6S/c1-15-28(23(14-35-15)25(30)31)24(29)16-10-17(33-12-16)11-27-26(32)34-13-22-20-8-4-2-6-18(20)19-7-3-5-9-21(19)22/h2-9,15-17,22-23H,10-14H2,1H3,(H,27,32)(H,30,31)/t15?,16-,17-,23?/m0/s1. The van der Waals surface area contributed by atoms with Crippen molar-refractivity contribution in [3.8, 4) is 11.1 Å². The number of benzene rings is 2. The number of carboxylic acid groups (broad SMARTS) is 1. The number of ether oxygens (including phenoxy) is 2. The lowest BCUT2D eigenvalue weighted by Gasteiger charge is -2.27. The van der Waals surface area contributed by atoms with Crippen LogP contribution >= 0.6 is 11.8 Å². The van der Waals surface area contributed by atoms with Gasteiger partial charge >= 0.3 is 12.1 Å². The number of rotatable bonds is 6. The Morgan fingerprint density at radius 3 is 2.43 bits per heavy atom. The molecule has 9 heteroatoms. The number of carbonyl (C=O) groups excluding carboxylic acids is 2. The quantitative estimate of drug-likeness (QED) is 0.632. The van der Waals surface area contributed by atoms with Crippen molar-refractivity contribution in [3.05, 3.63) is 59.7 Å². The molecule has 2 aliphatic heterocycles. The van der Waals surface area contributed by atoms with Gasteiger partial charge in [0.15, 0.2) is 0 Å². The van der Waals surface area contributed by atoms with Gasteiger partial charge in [-0.3, -0.25) is 4.79 Å². The summed E-state index contributed by atoms with van der Waals surface area (Å²) in [6.07, 6.45) is -0.415. The highest BCUT2D eigenvalue weighted by Crippen LogP contribution is 2.44. The number of aliphatic carboxylic acids is 1. The normalized spacial score (nSPS) is 25.2. The Bertz CT molecular complexity index is 1090. The first-order chi connectivity index (χ1) is 16.9. The van der Waals surface area contributed by atoms with Crippen molar-refractivity contribution in [1.82, 2.24) is 10.2 Å². The largest absolute Gasteiger partial charge is 0.480 e. The average molecular weight is 497 g/mol. The summed E-state index contributed by atoms with van der Waals surface area (Å²) in [6.45, 7) is 2.52. The number of carbonyl (C=O) groups is 3. The fourth-order valence-corrected chi connectivity index (χ4v) is 6.42. The second-order valence-electron chi connectivity index (χ2n) is 9.13. The maximum Gasteiger partial charge on any atom is 0.407 e. The Balaban J connectivity index is 1.12. The van der Waals surface area contributed by atoms with Crippen molar-refractivity contribution in [3.63, 3.8) is 0 Å². The van der Waals surface area contributed by atoms with Crippen LogP contribution in [-0.2, 0) is 19.1 Å². The van der Waals surface area contributed by atoms with Crippen LogP contribution in [0.1, 0.15) is 30.4 Å². The zero-order valence-electron chi connectivity index (χ0n) is 19.4. The molecule has 2 amide bonds. The number of alkyl carbamates (subject to hydrolysis) is 1. The second kappa shape index (κ2) is 9.91. The summed E-state index contributed by atoms with van der Waals surface area (Å²) in [5.41, 5.74) is 4.64. The van der Waals surface area contributed by atoms with Gasteiger partial charge in [0.25, 0.3) is 0 Å². The van der Waals surface area contributed by atoms with Gasteiger partial charge < -0.3 is 24.8 Å². The number of fused-ring (bicyclic) bond motifs is 3. The highest BCUT2D eigenvalue weighted by atomic mass is 32.2. The number of nitrogens with zero attached hydrogens (tertiary/aromatic N) is 1. The molecular weight excluding hydrogens is 468 g/mol. The fourth-order valence-electron chi connectivity index (χ4n) is 5.24. The van der Waals surface area contributed by atoms with Gasteiger partial charge in [-0.2, -0.15) is 0 Å². The van der Waals surface area contributed by atoms with Crippen LogP contribution in [0.25, 0.3) is 11.1 Å². The van der Waals surface area contributed by atoms with Crippen LogP contribution in [0, 0.1) is 5.92 Å².